The zero-order valence-corrected chi connectivity index (χ0v) is 13.7. The summed E-state index contributed by atoms with van der Waals surface area (Å²) in [5.41, 5.74) is 2.95. The van der Waals surface area contributed by atoms with Gasteiger partial charge in [0.25, 0.3) is 0 Å². The van der Waals surface area contributed by atoms with Crippen molar-refractivity contribution >= 4 is 22.1 Å². The number of phenolic OH excluding ortho intramolecular Hbond substituents is 1. The maximum Gasteiger partial charge on any atom is 0.121 e. The van der Waals surface area contributed by atoms with Crippen molar-refractivity contribution in [2.45, 2.75) is 6.54 Å². The van der Waals surface area contributed by atoms with Crippen molar-refractivity contribution in [2.75, 3.05) is 30.4 Å². The van der Waals surface area contributed by atoms with Gasteiger partial charge in [0.15, 0.2) is 0 Å². The van der Waals surface area contributed by atoms with Gasteiger partial charge in [-0.3, -0.25) is 0 Å². The summed E-state index contributed by atoms with van der Waals surface area (Å²) in [6.45, 7) is 1.30. The van der Waals surface area contributed by atoms with Crippen LogP contribution >= 0.6 is 0 Å². The molecule has 0 heterocycles. The van der Waals surface area contributed by atoms with Crippen molar-refractivity contribution < 1.29 is 10.2 Å². The number of hydrogen-bond acceptors (Lipinski definition) is 4. The summed E-state index contributed by atoms with van der Waals surface area (Å²) in [5, 5.41) is 24.7. The average molecular weight is 322 g/mol. The molecule has 0 saturated carbocycles. The SMILES string of the molecule is CN(CCO)c1ccc(NCc2c(O)ccc3ccccc23)cc1. The number of benzene rings is 3. The van der Waals surface area contributed by atoms with Crippen LogP contribution in [0.4, 0.5) is 11.4 Å². The summed E-state index contributed by atoms with van der Waals surface area (Å²) >= 11 is 0. The molecule has 0 unspecified atom stereocenters. The molecule has 0 amide bonds. The minimum atomic E-state index is 0.136. The number of aliphatic hydroxyl groups is 1. The van der Waals surface area contributed by atoms with Gasteiger partial charge in [-0.2, -0.15) is 0 Å². The third kappa shape index (κ3) is 3.44. The predicted octanol–water partition coefficient (Wildman–Crippen LogP) is 3.59. The Morgan fingerprint density at radius 1 is 0.958 bits per heavy atom. The molecule has 0 atom stereocenters. The van der Waals surface area contributed by atoms with Gasteiger partial charge in [-0.05, 0) is 41.1 Å². The fourth-order valence-corrected chi connectivity index (χ4v) is 2.81. The Balaban J connectivity index is 1.75. The van der Waals surface area contributed by atoms with Crippen molar-refractivity contribution in [3.8, 4) is 5.75 Å². The molecule has 3 aromatic rings. The van der Waals surface area contributed by atoms with Crippen molar-refractivity contribution in [2.24, 2.45) is 0 Å². The molecule has 0 saturated heterocycles. The molecule has 0 bridgehead atoms. The van der Waals surface area contributed by atoms with E-state index in [9.17, 15) is 5.11 Å². The Hall–Kier alpha value is -2.72. The lowest BCUT2D eigenvalue weighted by molar-refractivity contribution is 0.304. The topological polar surface area (TPSA) is 55.7 Å². The molecule has 0 aromatic heterocycles. The van der Waals surface area contributed by atoms with Crippen LogP contribution in [0.2, 0.25) is 0 Å². The second-order valence-electron chi connectivity index (χ2n) is 5.83. The van der Waals surface area contributed by atoms with E-state index in [2.05, 4.69) is 5.32 Å². The highest BCUT2D eigenvalue weighted by molar-refractivity contribution is 5.87. The Morgan fingerprint density at radius 2 is 1.71 bits per heavy atom. The van der Waals surface area contributed by atoms with Crippen molar-refractivity contribution in [3.63, 3.8) is 0 Å². The third-order valence-corrected chi connectivity index (χ3v) is 4.23. The lowest BCUT2D eigenvalue weighted by Gasteiger charge is -2.18. The summed E-state index contributed by atoms with van der Waals surface area (Å²) in [7, 11) is 1.95. The van der Waals surface area contributed by atoms with Gasteiger partial charge in [0, 0.05) is 37.1 Å². The highest BCUT2D eigenvalue weighted by Crippen LogP contribution is 2.28. The molecule has 0 radical (unpaired) electrons. The summed E-state index contributed by atoms with van der Waals surface area (Å²) in [6.07, 6.45) is 0. The molecule has 3 aromatic carbocycles. The molecule has 3 rings (SSSR count). The fraction of sp³-hybridized carbons (Fsp3) is 0.200. The third-order valence-electron chi connectivity index (χ3n) is 4.23. The van der Waals surface area contributed by atoms with Crippen LogP contribution in [0.1, 0.15) is 5.56 Å². The fourth-order valence-electron chi connectivity index (χ4n) is 2.81. The highest BCUT2D eigenvalue weighted by atomic mass is 16.3. The van der Waals surface area contributed by atoms with E-state index in [1.807, 2.05) is 66.5 Å². The smallest absolute Gasteiger partial charge is 0.121 e. The van der Waals surface area contributed by atoms with E-state index >= 15 is 0 Å². The van der Waals surface area contributed by atoms with Gasteiger partial charge >= 0.3 is 0 Å². The number of anilines is 2. The summed E-state index contributed by atoms with van der Waals surface area (Å²) in [4.78, 5) is 2.00. The first-order valence-corrected chi connectivity index (χ1v) is 8.04. The van der Waals surface area contributed by atoms with Gasteiger partial charge in [-0.1, -0.05) is 30.3 Å². The van der Waals surface area contributed by atoms with E-state index in [0.717, 1.165) is 27.7 Å². The number of likely N-dealkylation sites (N-methyl/N-ethyl adjacent to an activating group) is 1. The molecule has 4 nitrogen and oxygen atoms in total. The van der Waals surface area contributed by atoms with Gasteiger partial charge < -0.3 is 20.4 Å². The van der Waals surface area contributed by atoms with E-state index in [1.165, 1.54) is 0 Å². The van der Waals surface area contributed by atoms with E-state index in [0.29, 0.717) is 18.8 Å². The molecule has 0 aliphatic heterocycles. The van der Waals surface area contributed by atoms with Crippen LogP contribution in [0.25, 0.3) is 10.8 Å². The number of fused-ring (bicyclic) bond motifs is 1. The largest absolute Gasteiger partial charge is 0.508 e. The van der Waals surface area contributed by atoms with E-state index in [-0.39, 0.29) is 6.61 Å². The molecule has 24 heavy (non-hydrogen) atoms. The van der Waals surface area contributed by atoms with Gasteiger partial charge in [-0.25, -0.2) is 0 Å². The second kappa shape index (κ2) is 7.23. The lowest BCUT2D eigenvalue weighted by atomic mass is 10.0. The van der Waals surface area contributed by atoms with Crippen LogP contribution in [-0.2, 0) is 6.54 Å². The van der Waals surface area contributed by atoms with Gasteiger partial charge in [-0.15, -0.1) is 0 Å². The zero-order chi connectivity index (χ0) is 16.9. The number of nitrogens with one attached hydrogen (secondary N) is 1. The number of aromatic hydroxyl groups is 1. The number of phenols is 1. The van der Waals surface area contributed by atoms with Crippen LogP contribution in [0.3, 0.4) is 0 Å². The standard InChI is InChI=1S/C20H22N2O2/c1-22(12-13-23)17-9-7-16(8-10-17)21-14-19-18-5-3-2-4-15(18)6-11-20(19)24/h2-11,21,23-24H,12-14H2,1H3. The molecular weight excluding hydrogens is 300 g/mol. The van der Waals surface area contributed by atoms with E-state index in [1.54, 1.807) is 6.07 Å². The zero-order valence-electron chi connectivity index (χ0n) is 13.7. The molecule has 124 valence electrons. The Kier molecular flexibility index (Phi) is 4.87. The monoisotopic (exact) mass is 322 g/mol. The predicted molar refractivity (Wildman–Crippen MR) is 99.7 cm³/mol. The molecule has 4 heteroatoms. The van der Waals surface area contributed by atoms with Crippen LogP contribution in [-0.4, -0.2) is 30.4 Å². The molecule has 3 N–H and O–H groups in total. The molecular formula is C20H22N2O2. The lowest BCUT2D eigenvalue weighted by Crippen LogP contribution is -2.20. The quantitative estimate of drug-likeness (QED) is 0.649. The van der Waals surface area contributed by atoms with Crippen LogP contribution in [0, 0.1) is 0 Å². The Labute approximate surface area is 142 Å². The molecule has 0 aliphatic rings. The van der Waals surface area contributed by atoms with Gasteiger partial charge in [0.2, 0.25) is 0 Å². The molecule has 0 fully saturated rings. The number of rotatable bonds is 6. The van der Waals surface area contributed by atoms with Crippen molar-refractivity contribution in [1.82, 2.24) is 0 Å². The van der Waals surface area contributed by atoms with Gasteiger partial charge in [0.1, 0.15) is 5.75 Å². The Bertz CT molecular complexity index is 815. The molecule has 0 spiro atoms. The van der Waals surface area contributed by atoms with Crippen molar-refractivity contribution in [3.05, 3.63) is 66.2 Å². The van der Waals surface area contributed by atoms with Crippen LogP contribution < -0.4 is 10.2 Å². The van der Waals surface area contributed by atoms with Gasteiger partial charge in [0.05, 0.1) is 6.61 Å². The van der Waals surface area contributed by atoms with Crippen LogP contribution in [0.15, 0.2) is 60.7 Å². The summed E-state index contributed by atoms with van der Waals surface area (Å²) < 4.78 is 0. The average Bonchev–Trinajstić information content (AvgIpc) is 2.61. The first-order valence-electron chi connectivity index (χ1n) is 8.04. The minimum Gasteiger partial charge on any atom is -0.508 e. The number of hydrogen-bond donors (Lipinski definition) is 3. The highest BCUT2D eigenvalue weighted by Gasteiger charge is 2.07. The number of aliphatic hydroxyl groups excluding tert-OH is 1. The molecule has 0 aliphatic carbocycles. The maximum absolute atomic E-state index is 10.2. The van der Waals surface area contributed by atoms with Crippen molar-refractivity contribution in [1.29, 1.82) is 0 Å². The second-order valence-corrected chi connectivity index (χ2v) is 5.83. The summed E-state index contributed by atoms with van der Waals surface area (Å²) in [5.74, 6) is 0.306. The van der Waals surface area contributed by atoms with E-state index < -0.39 is 0 Å². The Morgan fingerprint density at radius 3 is 2.46 bits per heavy atom. The van der Waals surface area contributed by atoms with E-state index in [4.69, 9.17) is 5.11 Å². The van der Waals surface area contributed by atoms with Crippen LogP contribution in [0.5, 0.6) is 5.75 Å². The number of nitrogens with zero attached hydrogens (tertiary/aromatic N) is 1. The first-order chi connectivity index (χ1) is 11.7. The minimum absolute atomic E-state index is 0.136. The maximum atomic E-state index is 10.2. The first kappa shape index (κ1) is 16.1. The summed E-state index contributed by atoms with van der Waals surface area (Å²) in [6, 6.07) is 19.8. The normalized spacial score (nSPS) is 10.8.